The first-order valence-corrected chi connectivity index (χ1v) is 6.91. The third-order valence-corrected chi connectivity index (χ3v) is 3.84. The van der Waals surface area contributed by atoms with Crippen molar-refractivity contribution in [3.8, 4) is 10.7 Å². The van der Waals surface area contributed by atoms with Crippen molar-refractivity contribution in [2.75, 3.05) is 23.7 Å². The van der Waals surface area contributed by atoms with Crippen LogP contribution in [0.3, 0.4) is 0 Å². The molecule has 2 aromatic rings. The van der Waals surface area contributed by atoms with E-state index in [-0.39, 0.29) is 5.95 Å². The topological polar surface area (TPSA) is 67.9 Å². The van der Waals surface area contributed by atoms with E-state index in [9.17, 15) is 0 Å². The first kappa shape index (κ1) is 13.0. The third kappa shape index (κ3) is 2.54. The van der Waals surface area contributed by atoms with E-state index in [0.29, 0.717) is 16.8 Å². The number of halogens is 1. The van der Waals surface area contributed by atoms with E-state index in [0.717, 1.165) is 18.0 Å². The summed E-state index contributed by atoms with van der Waals surface area (Å²) in [6.45, 7) is 5.72. The number of nitrogens with zero attached hydrogens (tertiary/aromatic N) is 4. The molecule has 0 aromatic carbocycles. The van der Waals surface area contributed by atoms with E-state index in [1.807, 2.05) is 30.2 Å². The molecule has 0 aliphatic rings. The molecule has 0 aliphatic carbocycles. The van der Waals surface area contributed by atoms with Crippen LogP contribution in [0.2, 0.25) is 5.02 Å². The predicted octanol–water partition coefficient (Wildman–Crippen LogP) is 2.68. The van der Waals surface area contributed by atoms with E-state index < -0.39 is 0 Å². The molecule has 96 valence electrons. The van der Waals surface area contributed by atoms with Crippen LogP contribution in [0, 0.1) is 0 Å². The van der Waals surface area contributed by atoms with Gasteiger partial charge in [-0.1, -0.05) is 11.6 Å². The van der Waals surface area contributed by atoms with Crippen LogP contribution in [-0.4, -0.2) is 28.0 Å². The number of aromatic nitrogens is 3. The van der Waals surface area contributed by atoms with Crippen molar-refractivity contribution in [1.82, 2.24) is 15.0 Å². The molecule has 0 aliphatic heterocycles. The molecule has 0 radical (unpaired) electrons. The zero-order chi connectivity index (χ0) is 13.1. The molecule has 0 amide bonds. The minimum atomic E-state index is 0.214. The summed E-state index contributed by atoms with van der Waals surface area (Å²) in [5.41, 5.74) is 5.74. The van der Waals surface area contributed by atoms with Crippen LogP contribution in [0.1, 0.15) is 13.8 Å². The predicted molar refractivity (Wildman–Crippen MR) is 76.1 cm³/mol. The minimum absolute atomic E-state index is 0.214. The quantitative estimate of drug-likeness (QED) is 0.934. The number of hydrogen-bond acceptors (Lipinski definition) is 6. The van der Waals surface area contributed by atoms with E-state index in [1.54, 1.807) is 0 Å². The fraction of sp³-hybridized carbons (Fsp3) is 0.364. The smallest absolute Gasteiger partial charge is 0.230 e. The summed E-state index contributed by atoms with van der Waals surface area (Å²) in [7, 11) is 0. The van der Waals surface area contributed by atoms with Gasteiger partial charge in [0.1, 0.15) is 0 Å². The summed E-state index contributed by atoms with van der Waals surface area (Å²) in [5.74, 6) is 1.34. The zero-order valence-corrected chi connectivity index (χ0v) is 11.8. The number of thiophene rings is 1. The summed E-state index contributed by atoms with van der Waals surface area (Å²) in [4.78, 5) is 15.6. The monoisotopic (exact) mass is 283 g/mol. The van der Waals surface area contributed by atoms with Gasteiger partial charge in [0.25, 0.3) is 0 Å². The Morgan fingerprint density at radius 3 is 2.56 bits per heavy atom. The Hall–Kier alpha value is -1.40. The maximum absolute atomic E-state index is 6.08. The summed E-state index contributed by atoms with van der Waals surface area (Å²) in [5, 5.41) is 2.53. The Labute approximate surface area is 115 Å². The van der Waals surface area contributed by atoms with Gasteiger partial charge in [0.15, 0.2) is 5.82 Å². The fourth-order valence-corrected chi connectivity index (χ4v) is 2.66. The van der Waals surface area contributed by atoms with E-state index in [4.69, 9.17) is 17.3 Å². The molecule has 2 rings (SSSR count). The molecule has 0 atom stereocenters. The second-order valence-corrected chi connectivity index (χ2v) is 4.91. The van der Waals surface area contributed by atoms with Crippen LogP contribution in [0.5, 0.6) is 0 Å². The van der Waals surface area contributed by atoms with Gasteiger partial charge in [0.05, 0.1) is 9.90 Å². The normalized spacial score (nSPS) is 10.6. The average molecular weight is 284 g/mol. The van der Waals surface area contributed by atoms with E-state index in [2.05, 4.69) is 15.0 Å². The Kier molecular flexibility index (Phi) is 3.98. The van der Waals surface area contributed by atoms with Gasteiger partial charge in [-0.15, -0.1) is 11.3 Å². The van der Waals surface area contributed by atoms with Gasteiger partial charge in [0.2, 0.25) is 11.9 Å². The lowest BCUT2D eigenvalue weighted by atomic mass is 10.4. The van der Waals surface area contributed by atoms with E-state index >= 15 is 0 Å². The van der Waals surface area contributed by atoms with Gasteiger partial charge in [0, 0.05) is 13.1 Å². The van der Waals surface area contributed by atoms with Gasteiger partial charge in [-0.25, -0.2) is 0 Å². The molecular weight excluding hydrogens is 270 g/mol. The van der Waals surface area contributed by atoms with Gasteiger partial charge in [-0.2, -0.15) is 15.0 Å². The lowest BCUT2D eigenvalue weighted by molar-refractivity contribution is 0.816. The first-order valence-electron chi connectivity index (χ1n) is 5.65. The highest BCUT2D eigenvalue weighted by molar-refractivity contribution is 7.14. The maximum atomic E-state index is 6.08. The van der Waals surface area contributed by atoms with Gasteiger partial charge in [-0.05, 0) is 25.3 Å². The number of nitrogen functional groups attached to an aromatic ring is 1. The summed E-state index contributed by atoms with van der Waals surface area (Å²) >= 11 is 7.57. The number of anilines is 2. The molecule has 0 fully saturated rings. The fourth-order valence-electron chi connectivity index (χ4n) is 1.58. The molecule has 0 saturated heterocycles. The summed E-state index contributed by atoms with van der Waals surface area (Å²) < 4.78 is 0. The lowest BCUT2D eigenvalue weighted by Gasteiger charge is -2.18. The van der Waals surface area contributed by atoms with Gasteiger partial charge >= 0.3 is 0 Å². The van der Waals surface area contributed by atoms with Crippen LogP contribution >= 0.6 is 22.9 Å². The Morgan fingerprint density at radius 1 is 1.28 bits per heavy atom. The second kappa shape index (κ2) is 5.49. The van der Waals surface area contributed by atoms with Gasteiger partial charge < -0.3 is 10.6 Å². The number of hydrogen-bond donors (Lipinski definition) is 1. The number of nitrogens with two attached hydrogens (primary N) is 1. The second-order valence-electron chi connectivity index (χ2n) is 3.59. The SMILES string of the molecule is CCN(CC)c1nc(N)nc(-c2sccc2Cl)n1. The Bertz CT molecular complexity index is 538. The molecule has 5 nitrogen and oxygen atoms in total. The summed E-state index contributed by atoms with van der Waals surface area (Å²) in [6, 6.07) is 1.82. The number of rotatable bonds is 4. The molecule has 2 heterocycles. The highest BCUT2D eigenvalue weighted by Gasteiger charge is 2.14. The largest absolute Gasteiger partial charge is 0.368 e. The average Bonchev–Trinajstić information content (AvgIpc) is 2.76. The van der Waals surface area contributed by atoms with E-state index in [1.165, 1.54) is 11.3 Å². The molecule has 7 heteroatoms. The minimum Gasteiger partial charge on any atom is -0.368 e. The Morgan fingerprint density at radius 2 is 2.00 bits per heavy atom. The van der Waals surface area contributed by atoms with Crippen molar-refractivity contribution < 1.29 is 0 Å². The summed E-state index contributed by atoms with van der Waals surface area (Å²) in [6.07, 6.45) is 0. The highest BCUT2D eigenvalue weighted by Crippen LogP contribution is 2.31. The maximum Gasteiger partial charge on any atom is 0.230 e. The van der Waals surface area contributed by atoms with Crippen LogP contribution in [0.25, 0.3) is 10.7 Å². The van der Waals surface area contributed by atoms with Crippen LogP contribution in [0.4, 0.5) is 11.9 Å². The Balaban J connectivity index is 2.47. The van der Waals surface area contributed by atoms with Crippen molar-refractivity contribution in [2.45, 2.75) is 13.8 Å². The first-order chi connectivity index (χ1) is 8.65. The lowest BCUT2D eigenvalue weighted by Crippen LogP contribution is -2.25. The molecule has 0 unspecified atom stereocenters. The van der Waals surface area contributed by atoms with Crippen molar-refractivity contribution in [2.24, 2.45) is 0 Å². The van der Waals surface area contributed by atoms with Crippen LogP contribution < -0.4 is 10.6 Å². The standard InChI is InChI=1S/C11H14ClN5S/c1-3-17(4-2)11-15-9(14-10(13)16-11)8-7(12)5-6-18-8/h5-6H,3-4H2,1-2H3,(H2,13,14,15,16). The molecule has 0 bridgehead atoms. The van der Waals surface area contributed by atoms with Crippen LogP contribution in [0.15, 0.2) is 11.4 Å². The molecule has 2 aromatic heterocycles. The van der Waals surface area contributed by atoms with Crippen molar-refractivity contribution in [1.29, 1.82) is 0 Å². The van der Waals surface area contributed by atoms with Gasteiger partial charge in [-0.3, -0.25) is 0 Å². The molecule has 18 heavy (non-hydrogen) atoms. The molecule has 2 N–H and O–H groups in total. The zero-order valence-electron chi connectivity index (χ0n) is 10.2. The van der Waals surface area contributed by atoms with Crippen molar-refractivity contribution in [3.63, 3.8) is 0 Å². The highest BCUT2D eigenvalue weighted by atomic mass is 35.5. The van der Waals surface area contributed by atoms with Crippen LogP contribution in [-0.2, 0) is 0 Å². The molecule has 0 spiro atoms. The molecular formula is C11H14ClN5S. The third-order valence-electron chi connectivity index (χ3n) is 2.51. The van der Waals surface area contributed by atoms with Crippen molar-refractivity contribution in [3.05, 3.63) is 16.5 Å². The van der Waals surface area contributed by atoms with Crippen molar-refractivity contribution >= 4 is 34.8 Å². The molecule has 0 saturated carbocycles.